The standard InChI is InChI=1S/C26H28N6O5/c1-16-4-2-3-5-20(16)31-26(37)29-19-9-6-17(7-10-19)12-23(33)32-22-11-8-18(15-28-22)21(13-25(35)36)30-24(34)14-27/h2-11,15,21H,12-14,27H2,1H3,(H,30,34)(H,35,36)(H,28,32,33)(H2,29,31,37). The smallest absolute Gasteiger partial charge is 0.323 e. The number of aryl methyl sites for hydroxylation is 1. The molecule has 0 spiro atoms. The number of carboxylic acids is 1. The largest absolute Gasteiger partial charge is 0.481 e. The van der Waals surface area contributed by atoms with Gasteiger partial charge in [-0.2, -0.15) is 0 Å². The van der Waals surface area contributed by atoms with Crippen LogP contribution in [-0.4, -0.2) is 40.5 Å². The Morgan fingerprint density at radius 2 is 1.65 bits per heavy atom. The van der Waals surface area contributed by atoms with Crippen molar-refractivity contribution < 1.29 is 24.3 Å². The number of hydrogen-bond donors (Lipinski definition) is 6. The van der Waals surface area contributed by atoms with E-state index >= 15 is 0 Å². The topological polar surface area (TPSA) is 176 Å². The van der Waals surface area contributed by atoms with Crippen LogP contribution in [0.5, 0.6) is 0 Å². The lowest BCUT2D eigenvalue weighted by molar-refractivity contribution is -0.137. The van der Waals surface area contributed by atoms with Crippen LogP contribution >= 0.6 is 0 Å². The van der Waals surface area contributed by atoms with Crippen molar-refractivity contribution in [3.8, 4) is 0 Å². The van der Waals surface area contributed by atoms with Crippen molar-refractivity contribution in [2.45, 2.75) is 25.8 Å². The van der Waals surface area contributed by atoms with E-state index in [4.69, 9.17) is 10.8 Å². The molecular formula is C26H28N6O5. The number of nitrogens with zero attached hydrogens (tertiary/aromatic N) is 1. The number of aliphatic carboxylic acids is 1. The number of rotatable bonds is 10. The molecular weight excluding hydrogens is 476 g/mol. The van der Waals surface area contributed by atoms with Gasteiger partial charge in [-0.15, -0.1) is 0 Å². The van der Waals surface area contributed by atoms with Crippen LogP contribution in [0.2, 0.25) is 0 Å². The molecule has 192 valence electrons. The first-order valence-electron chi connectivity index (χ1n) is 11.4. The summed E-state index contributed by atoms with van der Waals surface area (Å²) in [6.07, 6.45) is 1.13. The number of aromatic nitrogens is 1. The highest BCUT2D eigenvalue weighted by Gasteiger charge is 2.18. The van der Waals surface area contributed by atoms with Gasteiger partial charge >= 0.3 is 12.0 Å². The number of carbonyl (C=O) groups excluding carboxylic acids is 3. The number of anilines is 3. The van der Waals surface area contributed by atoms with E-state index in [1.54, 1.807) is 30.3 Å². The van der Waals surface area contributed by atoms with Gasteiger partial charge in [0, 0.05) is 17.6 Å². The zero-order valence-electron chi connectivity index (χ0n) is 20.2. The third-order valence-corrected chi connectivity index (χ3v) is 5.33. The fourth-order valence-corrected chi connectivity index (χ4v) is 3.44. The zero-order chi connectivity index (χ0) is 26.8. The van der Waals surface area contributed by atoms with Crippen molar-refractivity contribution in [3.05, 3.63) is 83.6 Å². The normalized spacial score (nSPS) is 11.2. The first kappa shape index (κ1) is 26.8. The molecule has 0 aliphatic rings. The zero-order valence-corrected chi connectivity index (χ0v) is 20.2. The Morgan fingerprint density at radius 3 is 2.27 bits per heavy atom. The van der Waals surface area contributed by atoms with Crippen LogP contribution in [0.1, 0.15) is 29.2 Å². The maximum atomic E-state index is 12.4. The van der Waals surface area contributed by atoms with Crippen LogP contribution in [0.4, 0.5) is 22.0 Å². The fraction of sp³-hybridized carbons (Fsp3) is 0.192. The third-order valence-electron chi connectivity index (χ3n) is 5.33. The van der Waals surface area contributed by atoms with E-state index in [1.807, 2.05) is 31.2 Å². The van der Waals surface area contributed by atoms with Gasteiger partial charge in [0.2, 0.25) is 11.8 Å². The average Bonchev–Trinajstić information content (AvgIpc) is 2.86. The molecule has 11 heteroatoms. The highest BCUT2D eigenvalue weighted by atomic mass is 16.4. The summed E-state index contributed by atoms with van der Waals surface area (Å²) in [5.41, 5.74) is 8.72. The number of carboxylic acid groups (broad SMARTS) is 1. The SMILES string of the molecule is Cc1ccccc1NC(=O)Nc1ccc(CC(=O)Nc2ccc(C(CC(=O)O)NC(=O)CN)cn2)cc1. The highest BCUT2D eigenvalue weighted by molar-refractivity contribution is 6.00. The molecule has 3 aromatic rings. The molecule has 7 N–H and O–H groups in total. The Labute approximate surface area is 213 Å². The molecule has 0 aliphatic carbocycles. The summed E-state index contributed by atoms with van der Waals surface area (Å²) in [6, 6.07) is 16.2. The van der Waals surface area contributed by atoms with E-state index in [-0.39, 0.29) is 37.1 Å². The Kier molecular flexibility index (Phi) is 9.28. The molecule has 1 unspecified atom stereocenters. The number of urea groups is 1. The number of carbonyl (C=O) groups is 4. The quantitative estimate of drug-likeness (QED) is 0.246. The molecule has 0 bridgehead atoms. The summed E-state index contributed by atoms with van der Waals surface area (Å²) in [7, 11) is 0. The van der Waals surface area contributed by atoms with Crippen molar-refractivity contribution >= 4 is 41.0 Å². The molecule has 0 saturated heterocycles. The molecule has 1 heterocycles. The third kappa shape index (κ3) is 8.44. The Hall–Kier alpha value is -4.77. The second kappa shape index (κ2) is 12.8. The van der Waals surface area contributed by atoms with Crippen molar-refractivity contribution in [2.24, 2.45) is 5.73 Å². The second-order valence-electron chi connectivity index (χ2n) is 8.21. The minimum absolute atomic E-state index is 0.0767. The Bertz CT molecular complexity index is 1260. The average molecular weight is 505 g/mol. The van der Waals surface area contributed by atoms with Crippen LogP contribution in [0, 0.1) is 6.92 Å². The number of para-hydroxylation sites is 1. The summed E-state index contributed by atoms with van der Waals surface area (Å²) >= 11 is 0. The maximum Gasteiger partial charge on any atom is 0.323 e. The van der Waals surface area contributed by atoms with Crippen LogP contribution in [0.25, 0.3) is 0 Å². The molecule has 0 radical (unpaired) electrons. The number of pyridine rings is 1. The summed E-state index contributed by atoms with van der Waals surface area (Å²) < 4.78 is 0. The van der Waals surface area contributed by atoms with Gasteiger partial charge in [-0.25, -0.2) is 9.78 Å². The monoisotopic (exact) mass is 504 g/mol. The van der Waals surface area contributed by atoms with Gasteiger partial charge in [-0.3, -0.25) is 14.4 Å². The minimum atomic E-state index is -1.09. The van der Waals surface area contributed by atoms with Crippen LogP contribution in [-0.2, 0) is 20.8 Å². The van der Waals surface area contributed by atoms with Crippen LogP contribution in [0.3, 0.4) is 0 Å². The Morgan fingerprint density at radius 1 is 0.919 bits per heavy atom. The van der Waals surface area contributed by atoms with Crippen LogP contribution in [0.15, 0.2) is 66.9 Å². The fourth-order valence-electron chi connectivity index (χ4n) is 3.44. The van der Waals surface area contributed by atoms with Gasteiger partial charge in [0.15, 0.2) is 0 Å². The number of nitrogens with two attached hydrogens (primary N) is 1. The van der Waals surface area contributed by atoms with E-state index in [0.717, 1.165) is 11.1 Å². The lowest BCUT2D eigenvalue weighted by Crippen LogP contribution is -2.34. The number of amides is 4. The highest BCUT2D eigenvalue weighted by Crippen LogP contribution is 2.18. The van der Waals surface area contributed by atoms with Gasteiger partial charge < -0.3 is 32.1 Å². The minimum Gasteiger partial charge on any atom is -0.481 e. The lowest BCUT2D eigenvalue weighted by Gasteiger charge is -2.17. The van der Waals surface area contributed by atoms with Gasteiger partial charge in [-0.05, 0) is 47.9 Å². The van der Waals surface area contributed by atoms with Crippen LogP contribution < -0.4 is 27.0 Å². The molecule has 0 saturated carbocycles. The van der Waals surface area contributed by atoms with Crippen molar-refractivity contribution in [2.75, 3.05) is 22.5 Å². The molecule has 0 fully saturated rings. The molecule has 11 nitrogen and oxygen atoms in total. The predicted octanol–water partition coefficient (Wildman–Crippen LogP) is 2.81. The number of benzene rings is 2. The molecule has 37 heavy (non-hydrogen) atoms. The summed E-state index contributed by atoms with van der Waals surface area (Å²) in [4.78, 5) is 51.5. The molecule has 4 amide bonds. The van der Waals surface area contributed by atoms with E-state index in [1.165, 1.54) is 12.3 Å². The van der Waals surface area contributed by atoms with E-state index in [9.17, 15) is 19.2 Å². The molecule has 0 aliphatic heterocycles. The summed E-state index contributed by atoms with van der Waals surface area (Å²) in [6.45, 7) is 1.63. The molecule has 1 atom stereocenters. The van der Waals surface area contributed by atoms with Gasteiger partial charge in [0.05, 0.1) is 25.4 Å². The number of hydrogen-bond acceptors (Lipinski definition) is 6. The van der Waals surface area contributed by atoms with Gasteiger partial charge in [-0.1, -0.05) is 36.4 Å². The summed E-state index contributed by atoms with van der Waals surface area (Å²) in [5.74, 6) is -1.61. The van der Waals surface area contributed by atoms with Crippen molar-refractivity contribution in [1.82, 2.24) is 10.3 Å². The van der Waals surface area contributed by atoms with Gasteiger partial charge in [0.1, 0.15) is 5.82 Å². The molecule has 1 aromatic heterocycles. The van der Waals surface area contributed by atoms with Gasteiger partial charge in [0.25, 0.3) is 0 Å². The first-order chi connectivity index (χ1) is 17.7. The van der Waals surface area contributed by atoms with E-state index < -0.39 is 17.9 Å². The predicted molar refractivity (Wildman–Crippen MR) is 139 cm³/mol. The number of nitrogens with one attached hydrogen (secondary N) is 4. The molecule has 3 rings (SSSR count). The maximum absolute atomic E-state index is 12.4. The second-order valence-corrected chi connectivity index (χ2v) is 8.21. The van der Waals surface area contributed by atoms with E-state index in [0.29, 0.717) is 16.9 Å². The first-order valence-corrected chi connectivity index (χ1v) is 11.4. The van der Waals surface area contributed by atoms with Crippen molar-refractivity contribution in [1.29, 1.82) is 0 Å². The lowest BCUT2D eigenvalue weighted by atomic mass is 10.1. The van der Waals surface area contributed by atoms with Crippen molar-refractivity contribution in [3.63, 3.8) is 0 Å². The van der Waals surface area contributed by atoms with E-state index in [2.05, 4.69) is 26.3 Å². The molecule has 2 aromatic carbocycles. The Balaban J connectivity index is 1.53. The summed E-state index contributed by atoms with van der Waals surface area (Å²) in [5, 5.41) is 19.8.